The van der Waals surface area contributed by atoms with Crippen molar-refractivity contribution in [3.63, 3.8) is 0 Å². The molecule has 1 N–H and O–H groups in total. The van der Waals surface area contributed by atoms with Crippen LogP contribution in [0.3, 0.4) is 0 Å². The molecule has 0 unspecified atom stereocenters. The van der Waals surface area contributed by atoms with E-state index in [0.29, 0.717) is 11.1 Å². The fourth-order valence-electron chi connectivity index (χ4n) is 2.59. The Labute approximate surface area is 153 Å². The number of rotatable bonds is 6. The summed E-state index contributed by atoms with van der Waals surface area (Å²) in [5.41, 5.74) is 1.33. The molecule has 9 heteroatoms. The topological polar surface area (TPSA) is 85.6 Å². The molecule has 2 aromatic carbocycles. The van der Waals surface area contributed by atoms with Crippen molar-refractivity contribution in [2.75, 3.05) is 12.4 Å². The monoisotopic (exact) mass is 395 g/mol. The number of carbonyl (C=O) groups is 1. The number of amides is 1. The number of hydrogen-bond donors (Lipinski definition) is 1. The van der Waals surface area contributed by atoms with Gasteiger partial charge in [-0.2, -0.15) is 8.78 Å². The summed E-state index contributed by atoms with van der Waals surface area (Å²) in [4.78, 5) is 12.0. The molecule has 0 radical (unpaired) electrons. The number of methoxy groups -OCH3 is 1. The minimum absolute atomic E-state index is 0.0577. The Morgan fingerprint density at radius 3 is 2.44 bits per heavy atom. The molecule has 0 aliphatic heterocycles. The Morgan fingerprint density at radius 1 is 1.15 bits per heavy atom. The van der Waals surface area contributed by atoms with Crippen LogP contribution in [0, 0.1) is 0 Å². The van der Waals surface area contributed by atoms with Crippen molar-refractivity contribution in [2.24, 2.45) is 0 Å². The molecule has 1 amide bonds. The lowest BCUT2D eigenvalue weighted by Crippen LogP contribution is -2.14. The Bertz CT molecular complexity index is 1070. The van der Waals surface area contributed by atoms with E-state index in [9.17, 15) is 22.0 Å². The number of nitrogens with one attached hydrogen (secondary N) is 1. The molecule has 0 spiro atoms. The van der Waals surface area contributed by atoms with Crippen molar-refractivity contribution < 1.29 is 31.1 Å². The highest BCUT2D eigenvalue weighted by molar-refractivity contribution is 7.91. The molecule has 0 bridgehead atoms. The second kappa shape index (κ2) is 7.45. The Kier molecular flexibility index (Phi) is 5.24. The Balaban J connectivity index is 1.88. The maximum atomic E-state index is 12.6. The average molecular weight is 395 g/mol. The summed E-state index contributed by atoms with van der Waals surface area (Å²) in [6, 6.07) is 11.6. The number of carbonyl (C=O) groups excluding carboxylic acids is 1. The standard InChI is InChI=1S/C18H15F2NO5S/c1-25-10-14-13-4-2-3-5-15(13)26-16(14)17(22)21-11-6-8-12(9-7-11)27(23,24)18(19)20/h2-9,18H,10H2,1H3,(H,21,22). The first-order valence-corrected chi connectivity index (χ1v) is 9.32. The second-order valence-electron chi connectivity index (χ2n) is 5.62. The van der Waals surface area contributed by atoms with E-state index in [4.69, 9.17) is 9.15 Å². The van der Waals surface area contributed by atoms with Gasteiger partial charge in [0.25, 0.3) is 5.91 Å². The van der Waals surface area contributed by atoms with E-state index in [0.717, 1.165) is 17.5 Å². The zero-order chi connectivity index (χ0) is 19.6. The second-order valence-corrected chi connectivity index (χ2v) is 7.54. The van der Waals surface area contributed by atoms with Crippen LogP contribution >= 0.6 is 0 Å². The number of fused-ring (bicyclic) bond motifs is 1. The van der Waals surface area contributed by atoms with Crippen LogP contribution in [-0.2, 0) is 21.2 Å². The normalized spacial score (nSPS) is 11.9. The summed E-state index contributed by atoms with van der Waals surface area (Å²) in [5, 5.41) is 3.29. The molecule has 0 fully saturated rings. The van der Waals surface area contributed by atoms with E-state index in [1.807, 2.05) is 0 Å². The molecular weight excluding hydrogens is 380 g/mol. The van der Waals surface area contributed by atoms with Crippen LogP contribution in [0.4, 0.5) is 14.5 Å². The molecule has 0 saturated heterocycles. The van der Waals surface area contributed by atoms with Crippen LogP contribution in [-0.4, -0.2) is 27.2 Å². The molecule has 0 aliphatic carbocycles. The van der Waals surface area contributed by atoms with E-state index in [2.05, 4.69) is 5.32 Å². The summed E-state index contributed by atoms with van der Waals surface area (Å²) >= 11 is 0. The summed E-state index contributed by atoms with van der Waals surface area (Å²) in [6.07, 6.45) is 0. The third-order valence-electron chi connectivity index (χ3n) is 3.87. The summed E-state index contributed by atoms with van der Waals surface area (Å²) in [6.45, 7) is 0.158. The van der Waals surface area contributed by atoms with E-state index in [-0.39, 0.29) is 18.1 Å². The first kappa shape index (κ1) is 19.0. The van der Waals surface area contributed by atoms with Gasteiger partial charge in [-0.3, -0.25) is 4.79 Å². The van der Waals surface area contributed by atoms with Gasteiger partial charge in [-0.15, -0.1) is 0 Å². The predicted molar refractivity (Wildman–Crippen MR) is 94.5 cm³/mol. The Hall–Kier alpha value is -2.78. The van der Waals surface area contributed by atoms with Crippen LogP contribution in [0.1, 0.15) is 16.1 Å². The highest BCUT2D eigenvalue weighted by atomic mass is 32.2. The molecular formula is C18H15F2NO5S. The van der Waals surface area contributed by atoms with E-state index in [1.54, 1.807) is 24.3 Å². The summed E-state index contributed by atoms with van der Waals surface area (Å²) in [5.74, 6) is -4.02. The molecule has 0 atom stereocenters. The van der Waals surface area contributed by atoms with E-state index >= 15 is 0 Å². The van der Waals surface area contributed by atoms with Gasteiger partial charge in [0.15, 0.2) is 5.76 Å². The molecule has 0 saturated carbocycles. The maximum Gasteiger partial charge on any atom is 0.341 e. The molecule has 142 valence electrons. The third-order valence-corrected chi connectivity index (χ3v) is 5.27. The van der Waals surface area contributed by atoms with Gasteiger partial charge in [-0.25, -0.2) is 8.42 Å². The van der Waals surface area contributed by atoms with Gasteiger partial charge in [0.05, 0.1) is 11.5 Å². The first-order valence-electron chi connectivity index (χ1n) is 7.77. The highest BCUT2D eigenvalue weighted by Crippen LogP contribution is 2.27. The average Bonchev–Trinajstić information content (AvgIpc) is 3.01. The van der Waals surface area contributed by atoms with Crippen LogP contribution in [0.5, 0.6) is 0 Å². The van der Waals surface area contributed by atoms with Crippen molar-refractivity contribution in [1.29, 1.82) is 0 Å². The number of ether oxygens (including phenoxy) is 1. The Morgan fingerprint density at radius 2 is 1.81 bits per heavy atom. The zero-order valence-electron chi connectivity index (χ0n) is 14.1. The lowest BCUT2D eigenvalue weighted by Gasteiger charge is -2.07. The van der Waals surface area contributed by atoms with E-state index < -0.39 is 26.4 Å². The number of furan rings is 1. The van der Waals surface area contributed by atoms with Crippen molar-refractivity contribution >= 4 is 32.4 Å². The van der Waals surface area contributed by atoms with Gasteiger partial charge in [0, 0.05) is 23.7 Å². The summed E-state index contributed by atoms with van der Waals surface area (Å²) in [7, 11) is -3.20. The van der Waals surface area contributed by atoms with Gasteiger partial charge in [0.2, 0.25) is 9.84 Å². The lowest BCUT2D eigenvalue weighted by atomic mass is 10.1. The van der Waals surface area contributed by atoms with Crippen LogP contribution < -0.4 is 5.32 Å². The van der Waals surface area contributed by atoms with Gasteiger partial charge in [-0.1, -0.05) is 18.2 Å². The molecule has 0 aliphatic rings. The quantitative estimate of drug-likeness (QED) is 0.686. The fraction of sp³-hybridized carbons (Fsp3) is 0.167. The molecule has 6 nitrogen and oxygen atoms in total. The van der Waals surface area contributed by atoms with Crippen molar-refractivity contribution in [2.45, 2.75) is 17.3 Å². The predicted octanol–water partition coefficient (Wildman–Crippen LogP) is 3.83. The SMILES string of the molecule is COCc1c(C(=O)Nc2ccc(S(=O)(=O)C(F)F)cc2)oc2ccccc12. The van der Waals surface area contributed by atoms with Crippen LogP contribution in [0.25, 0.3) is 11.0 Å². The van der Waals surface area contributed by atoms with Crippen molar-refractivity contribution in [1.82, 2.24) is 0 Å². The highest BCUT2D eigenvalue weighted by Gasteiger charge is 2.26. The first-order chi connectivity index (χ1) is 12.8. The smallest absolute Gasteiger partial charge is 0.341 e. The fourth-order valence-corrected chi connectivity index (χ4v) is 3.31. The van der Waals surface area contributed by atoms with Gasteiger partial charge in [-0.05, 0) is 30.3 Å². The lowest BCUT2D eigenvalue weighted by molar-refractivity contribution is 0.0992. The van der Waals surface area contributed by atoms with Gasteiger partial charge in [0.1, 0.15) is 5.58 Å². The maximum absolute atomic E-state index is 12.6. The molecule has 27 heavy (non-hydrogen) atoms. The number of halogens is 2. The van der Waals surface area contributed by atoms with Crippen molar-refractivity contribution in [3.8, 4) is 0 Å². The summed E-state index contributed by atoms with van der Waals surface area (Å²) < 4.78 is 58.7. The molecule has 3 rings (SSSR count). The zero-order valence-corrected chi connectivity index (χ0v) is 14.9. The molecule has 3 aromatic rings. The number of alkyl halides is 2. The number of sulfone groups is 1. The van der Waals surface area contributed by atoms with Crippen LogP contribution in [0.15, 0.2) is 57.8 Å². The number of hydrogen-bond acceptors (Lipinski definition) is 5. The third kappa shape index (κ3) is 3.69. The molecule has 1 heterocycles. The minimum atomic E-state index is -4.69. The van der Waals surface area contributed by atoms with Gasteiger partial charge < -0.3 is 14.5 Å². The minimum Gasteiger partial charge on any atom is -0.451 e. The molecule has 1 aromatic heterocycles. The van der Waals surface area contributed by atoms with Crippen LogP contribution in [0.2, 0.25) is 0 Å². The number of anilines is 1. The number of para-hydroxylation sites is 1. The van der Waals surface area contributed by atoms with E-state index in [1.165, 1.54) is 19.2 Å². The largest absolute Gasteiger partial charge is 0.451 e. The van der Waals surface area contributed by atoms with Gasteiger partial charge >= 0.3 is 5.76 Å². The number of benzene rings is 2. The van der Waals surface area contributed by atoms with Crippen molar-refractivity contribution in [3.05, 3.63) is 59.9 Å².